The van der Waals surface area contributed by atoms with Crippen molar-refractivity contribution in [2.75, 3.05) is 27.9 Å². The van der Waals surface area contributed by atoms with E-state index in [1.54, 1.807) is 38.5 Å². The first kappa shape index (κ1) is 20.6. The summed E-state index contributed by atoms with van der Waals surface area (Å²) in [4.78, 5) is 11.6. The van der Waals surface area contributed by atoms with Crippen LogP contribution < -0.4 is 14.2 Å². The summed E-state index contributed by atoms with van der Waals surface area (Å²) >= 11 is 0. The van der Waals surface area contributed by atoms with Crippen molar-refractivity contribution in [2.45, 2.75) is 25.7 Å². The van der Waals surface area contributed by atoms with Crippen LogP contribution in [0.15, 0.2) is 30.3 Å². The van der Waals surface area contributed by atoms with Gasteiger partial charge in [0.1, 0.15) is 0 Å². The number of aliphatic hydroxyl groups is 1. The largest absolute Gasteiger partial charge is 0.493 e. The van der Waals surface area contributed by atoms with E-state index in [0.717, 1.165) is 42.4 Å². The summed E-state index contributed by atoms with van der Waals surface area (Å²) in [5.41, 5.74) is 2.73. The van der Waals surface area contributed by atoms with Crippen LogP contribution in [0.2, 0.25) is 0 Å². The van der Waals surface area contributed by atoms with E-state index in [2.05, 4.69) is 0 Å². The highest BCUT2D eigenvalue weighted by Crippen LogP contribution is 2.41. The first-order chi connectivity index (χ1) is 13.0. The molecule has 0 saturated heterocycles. The van der Waals surface area contributed by atoms with Crippen LogP contribution >= 0.6 is 0 Å². The van der Waals surface area contributed by atoms with Gasteiger partial charge in [-0.1, -0.05) is 12.5 Å². The Morgan fingerprint density at radius 3 is 2.00 bits per heavy atom. The quantitative estimate of drug-likeness (QED) is 0.616. The summed E-state index contributed by atoms with van der Waals surface area (Å²) < 4.78 is 16.1. The van der Waals surface area contributed by atoms with Gasteiger partial charge < -0.3 is 24.4 Å². The SMILES string of the molecule is COc1cc(-c2cc(CCCCCO)cc(C(=O)O)c2)cc(OC)c1OC. The minimum absolute atomic E-state index is 0.172. The van der Waals surface area contributed by atoms with E-state index in [9.17, 15) is 9.90 Å². The molecular weight excluding hydrogens is 348 g/mol. The van der Waals surface area contributed by atoms with Crippen LogP contribution in [-0.4, -0.2) is 44.1 Å². The fourth-order valence-electron chi connectivity index (χ4n) is 2.99. The summed E-state index contributed by atoms with van der Waals surface area (Å²) in [7, 11) is 4.62. The van der Waals surface area contributed by atoms with Crippen molar-refractivity contribution in [3.63, 3.8) is 0 Å². The van der Waals surface area contributed by atoms with Crippen molar-refractivity contribution in [3.05, 3.63) is 41.5 Å². The number of carbonyl (C=O) groups is 1. The Kier molecular flexibility index (Phi) is 7.49. The Morgan fingerprint density at radius 2 is 1.48 bits per heavy atom. The molecule has 0 radical (unpaired) electrons. The van der Waals surface area contributed by atoms with Gasteiger partial charge in [0.25, 0.3) is 0 Å². The Labute approximate surface area is 159 Å². The molecular formula is C21H26O6. The van der Waals surface area contributed by atoms with Crippen molar-refractivity contribution in [1.29, 1.82) is 0 Å². The van der Waals surface area contributed by atoms with Gasteiger partial charge in [-0.05, 0) is 60.2 Å². The molecule has 6 nitrogen and oxygen atoms in total. The van der Waals surface area contributed by atoms with Gasteiger partial charge in [0.2, 0.25) is 5.75 Å². The molecule has 0 bridgehead atoms. The van der Waals surface area contributed by atoms with Crippen molar-refractivity contribution in [1.82, 2.24) is 0 Å². The van der Waals surface area contributed by atoms with E-state index in [0.29, 0.717) is 17.2 Å². The Bertz CT molecular complexity index is 759. The number of aromatic carboxylic acids is 1. The highest BCUT2D eigenvalue weighted by Gasteiger charge is 2.16. The number of aliphatic hydroxyl groups excluding tert-OH is 1. The standard InChI is InChI=1S/C21H26O6/c1-25-18-12-16(13-19(26-2)20(18)27-3)15-9-14(7-5-4-6-8-22)10-17(11-15)21(23)24/h9-13,22H,4-8H2,1-3H3,(H,23,24). The third-order valence-corrected chi connectivity index (χ3v) is 4.36. The van der Waals surface area contributed by atoms with Crippen LogP contribution in [0.5, 0.6) is 17.2 Å². The molecule has 0 fully saturated rings. The first-order valence-corrected chi connectivity index (χ1v) is 8.82. The van der Waals surface area contributed by atoms with Crippen LogP contribution in [0.4, 0.5) is 0 Å². The lowest BCUT2D eigenvalue weighted by Crippen LogP contribution is -2.00. The van der Waals surface area contributed by atoms with E-state index in [4.69, 9.17) is 19.3 Å². The van der Waals surface area contributed by atoms with Crippen LogP contribution in [0.25, 0.3) is 11.1 Å². The van der Waals surface area contributed by atoms with Gasteiger partial charge in [-0.25, -0.2) is 4.79 Å². The second-order valence-corrected chi connectivity index (χ2v) is 6.17. The normalized spacial score (nSPS) is 10.5. The highest BCUT2D eigenvalue weighted by atomic mass is 16.5. The van der Waals surface area contributed by atoms with Crippen LogP contribution in [0.3, 0.4) is 0 Å². The maximum atomic E-state index is 11.6. The Balaban J connectivity index is 2.47. The molecule has 0 amide bonds. The van der Waals surface area contributed by atoms with Crippen molar-refractivity contribution < 1.29 is 29.2 Å². The molecule has 2 N–H and O–H groups in total. The number of ether oxygens (including phenoxy) is 3. The Hall–Kier alpha value is -2.73. The van der Waals surface area contributed by atoms with Crippen LogP contribution in [-0.2, 0) is 6.42 Å². The third kappa shape index (κ3) is 5.14. The highest BCUT2D eigenvalue weighted by molar-refractivity contribution is 5.90. The van der Waals surface area contributed by atoms with E-state index in [1.165, 1.54) is 7.11 Å². The smallest absolute Gasteiger partial charge is 0.335 e. The fraction of sp³-hybridized carbons (Fsp3) is 0.381. The maximum absolute atomic E-state index is 11.6. The molecule has 27 heavy (non-hydrogen) atoms. The first-order valence-electron chi connectivity index (χ1n) is 8.82. The minimum Gasteiger partial charge on any atom is -0.493 e. The predicted octanol–water partition coefficient (Wildman–Crippen LogP) is 3.78. The summed E-state index contributed by atoms with van der Waals surface area (Å²) in [5.74, 6) is 0.539. The number of hydrogen-bond donors (Lipinski definition) is 2. The molecule has 0 aliphatic heterocycles. The third-order valence-electron chi connectivity index (χ3n) is 4.36. The molecule has 2 aromatic rings. The number of methoxy groups -OCH3 is 3. The van der Waals surface area contributed by atoms with Crippen LogP contribution in [0.1, 0.15) is 35.2 Å². The number of carboxylic acids is 1. The summed E-state index contributed by atoms with van der Waals surface area (Å²) in [6.45, 7) is 0.172. The van der Waals surface area contributed by atoms with E-state index < -0.39 is 5.97 Å². The van der Waals surface area contributed by atoms with Gasteiger partial charge in [-0.15, -0.1) is 0 Å². The van der Waals surface area contributed by atoms with Gasteiger partial charge in [0.15, 0.2) is 11.5 Å². The lowest BCUT2D eigenvalue weighted by atomic mass is 9.96. The monoisotopic (exact) mass is 374 g/mol. The number of rotatable bonds is 10. The van der Waals surface area contributed by atoms with E-state index >= 15 is 0 Å². The van der Waals surface area contributed by atoms with Gasteiger partial charge in [0.05, 0.1) is 26.9 Å². The minimum atomic E-state index is -0.971. The fourth-order valence-corrected chi connectivity index (χ4v) is 2.99. The lowest BCUT2D eigenvalue weighted by Gasteiger charge is -2.15. The average molecular weight is 374 g/mol. The van der Waals surface area contributed by atoms with Crippen molar-refractivity contribution in [2.24, 2.45) is 0 Å². The molecule has 0 aromatic heterocycles. The maximum Gasteiger partial charge on any atom is 0.335 e. The molecule has 0 aliphatic carbocycles. The zero-order valence-corrected chi connectivity index (χ0v) is 15.9. The second kappa shape index (κ2) is 9.83. The van der Waals surface area contributed by atoms with E-state index in [-0.39, 0.29) is 12.2 Å². The number of hydrogen-bond acceptors (Lipinski definition) is 5. The average Bonchev–Trinajstić information content (AvgIpc) is 2.69. The Morgan fingerprint density at radius 1 is 0.852 bits per heavy atom. The van der Waals surface area contributed by atoms with Crippen LogP contribution in [0, 0.1) is 0 Å². The molecule has 2 rings (SSSR count). The molecule has 0 spiro atoms. The van der Waals surface area contributed by atoms with Gasteiger partial charge in [0, 0.05) is 6.61 Å². The molecule has 6 heteroatoms. The summed E-state index contributed by atoms with van der Waals surface area (Å²) in [5, 5.41) is 18.4. The number of unbranched alkanes of at least 4 members (excludes halogenated alkanes) is 2. The molecule has 0 atom stereocenters. The van der Waals surface area contributed by atoms with Crippen molar-refractivity contribution >= 4 is 5.97 Å². The molecule has 146 valence electrons. The summed E-state index contributed by atoms with van der Waals surface area (Å²) in [6.07, 6.45) is 3.28. The van der Waals surface area contributed by atoms with Crippen molar-refractivity contribution in [3.8, 4) is 28.4 Å². The molecule has 0 heterocycles. The summed E-state index contributed by atoms with van der Waals surface area (Å²) in [6, 6.07) is 8.92. The molecule has 0 saturated carbocycles. The second-order valence-electron chi connectivity index (χ2n) is 6.17. The van der Waals surface area contributed by atoms with E-state index in [1.807, 2.05) is 6.07 Å². The molecule has 0 unspecified atom stereocenters. The lowest BCUT2D eigenvalue weighted by molar-refractivity contribution is 0.0697. The number of aryl methyl sites for hydroxylation is 1. The topological polar surface area (TPSA) is 85.2 Å². The zero-order valence-electron chi connectivity index (χ0n) is 15.9. The zero-order chi connectivity index (χ0) is 19.8. The molecule has 0 aliphatic rings. The molecule has 2 aromatic carbocycles. The van der Waals surface area contributed by atoms with Gasteiger partial charge in [-0.2, -0.15) is 0 Å². The predicted molar refractivity (Wildman–Crippen MR) is 103 cm³/mol. The number of benzene rings is 2. The van der Waals surface area contributed by atoms with Gasteiger partial charge >= 0.3 is 5.97 Å². The number of carboxylic acid groups (broad SMARTS) is 1. The van der Waals surface area contributed by atoms with Gasteiger partial charge in [-0.3, -0.25) is 0 Å².